The molecule has 1 atom stereocenters. The smallest absolute Gasteiger partial charge is 0.150 e. The maximum Gasteiger partial charge on any atom is 0.150 e. The molecule has 1 aliphatic heterocycles. The van der Waals surface area contributed by atoms with Crippen molar-refractivity contribution in [1.82, 2.24) is 9.97 Å². The number of rotatable bonds is 8. The number of hydrogen-bond donors (Lipinski definition) is 0. The Bertz CT molecular complexity index is 904. The zero-order chi connectivity index (χ0) is 21.7. The number of ether oxygens (including phenoxy) is 2. The van der Waals surface area contributed by atoms with Crippen LogP contribution in [0.1, 0.15) is 61.8 Å². The number of hydrogen-bond acceptors (Lipinski definition) is 5. The summed E-state index contributed by atoms with van der Waals surface area (Å²) in [5.41, 5.74) is 1.64. The van der Waals surface area contributed by atoms with E-state index in [2.05, 4.69) is 9.97 Å². The van der Waals surface area contributed by atoms with E-state index in [1.54, 1.807) is 13.1 Å². The SMILES string of the molecule is CCOc1c(C(C)C(=O)CCc2nccnc2Cl)cc(Cl)c(F)c1C1CCOCC1. The molecule has 162 valence electrons. The zero-order valence-corrected chi connectivity index (χ0v) is 18.6. The lowest BCUT2D eigenvalue weighted by atomic mass is 9.85. The number of nitrogens with zero attached hydrogens (tertiary/aromatic N) is 2. The van der Waals surface area contributed by atoms with E-state index in [1.807, 2.05) is 6.92 Å². The van der Waals surface area contributed by atoms with Gasteiger partial charge in [0, 0.05) is 49.1 Å². The van der Waals surface area contributed by atoms with Crippen LogP contribution in [0.25, 0.3) is 0 Å². The second-order valence-electron chi connectivity index (χ2n) is 7.31. The number of halogens is 3. The number of carbonyl (C=O) groups is 1. The largest absolute Gasteiger partial charge is 0.493 e. The van der Waals surface area contributed by atoms with Crippen molar-refractivity contribution in [3.63, 3.8) is 0 Å². The second kappa shape index (κ2) is 10.5. The summed E-state index contributed by atoms with van der Waals surface area (Å²) in [7, 11) is 0. The molecule has 2 aromatic rings. The Morgan fingerprint density at radius 2 is 2.00 bits per heavy atom. The average Bonchev–Trinajstić information content (AvgIpc) is 2.76. The van der Waals surface area contributed by atoms with Crippen molar-refractivity contribution in [3.8, 4) is 5.75 Å². The lowest BCUT2D eigenvalue weighted by molar-refractivity contribution is -0.120. The Morgan fingerprint density at radius 3 is 2.67 bits per heavy atom. The second-order valence-corrected chi connectivity index (χ2v) is 8.07. The van der Waals surface area contributed by atoms with Crippen LogP contribution in [0.3, 0.4) is 0 Å². The summed E-state index contributed by atoms with van der Waals surface area (Å²) < 4.78 is 26.4. The van der Waals surface area contributed by atoms with Crippen molar-refractivity contribution in [1.29, 1.82) is 0 Å². The summed E-state index contributed by atoms with van der Waals surface area (Å²) in [6.07, 6.45) is 5.02. The van der Waals surface area contributed by atoms with Crippen LogP contribution in [0.4, 0.5) is 4.39 Å². The van der Waals surface area contributed by atoms with Gasteiger partial charge in [-0.15, -0.1) is 0 Å². The molecule has 30 heavy (non-hydrogen) atoms. The summed E-state index contributed by atoms with van der Waals surface area (Å²) in [4.78, 5) is 21.1. The topological polar surface area (TPSA) is 61.3 Å². The lowest BCUT2D eigenvalue weighted by Crippen LogP contribution is -2.19. The number of Topliss-reactive ketones (excluding diaryl/α,β-unsaturated/α-hetero) is 1. The monoisotopic (exact) mass is 454 g/mol. The van der Waals surface area contributed by atoms with Gasteiger partial charge in [-0.1, -0.05) is 30.1 Å². The standard InChI is InChI=1S/C22H25Cl2FN2O3/c1-3-30-21-15(12-16(23)20(25)19(21)14-6-10-29-11-7-14)13(2)18(28)5-4-17-22(24)27-9-8-26-17/h8-9,12-14H,3-7,10-11H2,1-2H3. The summed E-state index contributed by atoms with van der Waals surface area (Å²) in [6, 6.07) is 1.52. The van der Waals surface area contributed by atoms with Crippen LogP contribution in [0.2, 0.25) is 10.2 Å². The summed E-state index contributed by atoms with van der Waals surface area (Å²) in [6.45, 7) is 5.11. The van der Waals surface area contributed by atoms with E-state index in [0.29, 0.717) is 66.8 Å². The van der Waals surface area contributed by atoms with Crippen molar-refractivity contribution in [2.24, 2.45) is 0 Å². The first kappa shape index (κ1) is 22.9. The van der Waals surface area contributed by atoms with E-state index < -0.39 is 11.7 Å². The Morgan fingerprint density at radius 1 is 1.30 bits per heavy atom. The Balaban J connectivity index is 1.90. The first-order valence-electron chi connectivity index (χ1n) is 10.1. The molecule has 1 aliphatic rings. The number of benzene rings is 1. The molecule has 0 saturated carbocycles. The molecule has 0 spiro atoms. The Hall–Kier alpha value is -1.76. The fourth-order valence-corrected chi connectivity index (χ4v) is 4.20. The van der Waals surface area contributed by atoms with Crippen LogP contribution < -0.4 is 4.74 Å². The highest BCUT2D eigenvalue weighted by Gasteiger charge is 2.30. The van der Waals surface area contributed by atoms with Gasteiger partial charge >= 0.3 is 0 Å². The van der Waals surface area contributed by atoms with E-state index in [-0.39, 0.29) is 23.1 Å². The molecule has 0 radical (unpaired) electrons. The van der Waals surface area contributed by atoms with Gasteiger partial charge in [-0.05, 0) is 38.2 Å². The van der Waals surface area contributed by atoms with E-state index in [1.165, 1.54) is 12.3 Å². The number of carbonyl (C=O) groups excluding carboxylic acids is 1. The Kier molecular flexibility index (Phi) is 8.03. The third-order valence-corrected chi connectivity index (χ3v) is 6.02. The molecule has 1 unspecified atom stereocenters. The average molecular weight is 455 g/mol. The molecular weight excluding hydrogens is 430 g/mol. The van der Waals surface area contributed by atoms with Crippen LogP contribution in [0.15, 0.2) is 18.5 Å². The summed E-state index contributed by atoms with van der Waals surface area (Å²) >= 11 is 12.3. The van der Waals surface area contributed by atoms with Crippen LogP contribution >= 0.6 is 23.2 Å². The van der Waals surface area contributed by atoms with Gasteiger partial charge in [-0.3, -0.25) is 9.78 Å². The van der Waals surface area contributed by atoms with Crippen molar-refractivity contribution in [2.45, 2.75) is 51.4 Å². The molecule has 0 aliphatic carbocycles. The molecule has 1 aromatic heterocycles. The van der Waals surface area contributed by atoms with E-state index in [4.69, 9.17) is 32.7 Å². The van der Waals surface area contributed by atoms with Gasteiger partial charge < -0.3 is 9.47 Å². The third kappa shape index (κ3) is 5.10. The number of ketones is 1. The first-order valence-corrected chi connectivity index (χ1v) is 10.9. The quantitative estimate of drug-likeness (QED) is 0.525. The van der Waals surface area contributed by atoms with Gasteiger partial charge in [-0.25, -0.2) is 9.37 Å². The molecule has 2 heterocycles. The number of aryl methyl sites for hydroxylation is 1. The van der Waals surface area contributed by atoms with Crippen molar-refractivity contribution < 1.29 is 18.7 Å². The Labute approximate surface area is 185 Å². The molecule has 0 bridgehead atoms. The van der Waals surface area contributed by atoms with Crippen LogP contribution in [-0.2, 0) is 16.0 Å². The van der Waals surface area contributed by atoms with Gasteiger partial charge in [-0.2, -0.15) is 0 Å². The molecule has 1 aromatic carbocycles. The van der Waals surface area contributed by atoms with Gasteiger partial charge in [0.05, 0.1) is 17.3 Å². The minimum atomic E-state index is -0.515. The van der Waals surface area contributed by atoms with Crippen molar-refractivity contribution in [3.05, 3.63) is 51.3 Å². The lowest BCUT2D eigenvalue weighted by Gasteiger charge is -2.27. The molecule has 1 saturated heterocycles. The predicted octanol–water partition coefficient (Wildman–Crippen LogP) is 5.52. The van der Waals surface area contributed by atoms with Gasteiger partial charge in [0.2, 0.25) is 0 Å². The normalized spacial score (nSPS) is 15.8. The van der Waals surface area contributed by atoms with Gasteiger partial charge in [0.25, 0.3) is 0 Å². The fraction of sp³-hybridized carbons (Fsp3) is 0.500. The summed E-state index contributed by atoms with van der Waals surface area (Å²) in [5, 5.41) is 0.297. The maximum absolute atomic E-state index is 15.1. The first-order chi connectivity index (χ1) is 14.4. The van der Waals surface area contributed by atoms with Gasteiger partial charge in [0.1, 0.15) is 22.5 Å². The predicted molar refractivity (Wildman–Crippen MR) is 114 cm³/mol. The van der Waals surface area contributed by atoms with Crippen LogP contribution in [0, 0.1) is 5.82 Å². The third-order valence-electron chi connectivity index (χ3n) is 5.43. The van der Waals surface area contributed by atoms with Crippen molar-refractivity contribution >= 4 is 29.0 Å². The molecule has 5 nitrogen and oxygen atoms in total. The molecule has 0 N–H and O–H groups in total. The zero-order valence-electron chi connectivity index (χ0n) is 17.1. The highest BCUT2D eigenvalue weighted by molar-refractivity contribution is 6.31. The van der Waals surface area contributed by atoms with Crippen LogP contribution in [-0.4, -0.2) is 35.6 Å². The van der Waals surface area contributed by atoms with Gasteiger partial charge in [0.15, 0.2) is 0 Å². The minimum Gasteiger partial charge on any atom is -0.493 e. The molecule has 3 rings (SSSR count). The molecular formula is C22H25Cl2FN2O3. The van der Waals surface area contributed by atoms with Crippen molar-refractivity contribution in [2.75, 3.05) is 19.8 Å². The molecule has 1 fully saturated rings. The van der Waals surface area contributed by atoms with E-state index in [9.17, 15) is 4.79 Å². The maximum atomic E-state index is 15.1. The van der Waals surface area contributed by atoms with E-state index in [0.717, 1.165) is 0 Å². The molecule has 8 heteroatoms. The van der Waals surface area contributed by atoms with Crippen LogP contribution in [0.5, 0.6) is 5.75 Å². The minimum absolute atomic E-state index is 0.00608. The number of aromatic nitrogens is 2. The van der Waals surface area contributed by atoms with E-state index >= 15 is 4.39 Å². The summed E-state index contributed by atoms with van der Waals surface area (Å²) in [5.74, 6) is -0.637. The molecule has 0 amide bonds. The highest BCUT2D eigenvalue weighted by atomic mass is 35.5. The highest BCUT2D eigenvalue weighted by Crippen LogP contribution is 2.43. The fourth-order valence-electron chi connectivity index (χ4n) is 3.78.